The van der Waals surface area contributed by atoms with E-state index in [1.807, 2.05) is 0 Å². The van der Waals surface area contributed by atoms with Crippen LogP contribution in [-0.4, -0.2) is 46.9 Å². The molecule has 1 aromatic heterocycles. The lowest BCUT2D eigenvalue weighted by atomic mass is 10.0. The second-order valence-corrected chi connectivity index (χ2v) is 4.16. The quantitative estimate of drug-likeness (QED) is 0.755. The van der Waals surface area contributed by atoms with E-state index in [2.05, 4.69) is 32.7 Å². The number of hydrogen-bond donors (Lipinski definition) is 2. The van der Waals surface area contributed by atoms with E-state index < -0.39 is 0 Å². The summed E-state index contributed by atoms with van der Waals surface area (Å²) < 4.78 is 5.35. The Morgan fingerprint density at radius 1 is 1.50 bits per heavy atom. The van der Waals surface area contributed by atoms with Gasteiger partial charge in [0.2, 0.25) is 11.9 Å². The summed E-state index contributed by atoms with van der Waals surface area (Å²) in [5.41, 5.74) is 0. The van der Waals surface area contributed by atoms with Crippen LogP contribution < -0.4 is 10.6 Å². The molecule has 0 radical (unpaired) electrons. The summed E-state index contributed by atoms with van der Waals surface area (Å²) in [7, 11) is 0. The molecular formula is C11H17N5O2. The van der Waals surface area contributed by atoms with Crippen molar-refractivity contribution in [3.8, 4) is 0 Å². The Morgan fingerprint density at radius 2 is 2.39 bits per heavy atom. The predicted octanol–water partition coefficient (Wildman–Crippen LogP) is -0.175. The zero-order valence-corrected chi connectivity index (χ0v) is 10.3. The maximum Gasteiger partial charge on any atom is 0.249 e. The van der Waals surface area contributed by atoms with E-state index in [9.17, 15) is 4.79 Å². The summed E-state index contributed by atoms with van der Waals surface area (Å²) >= 11 is 0. The van der Waals surface area contributed by atoms with Crippen LogP contribution in [0.3, 0.4) is 0 Å². The van der Waals surface area contributed by atoms with Crippen molar-refractivity contribution in [2.75, 3.05) is 25.1 Å². The van der Waals surface area contributed by atoms with Crippen LogP contribution in [0.15, 0.2) is 12.4 Å². The maximum absolute atomic E-state index is 12.0. The minimum Gasteiger partial charge on any atom is -0.379 e. The van der Waals surface area contributed by atoms with Gasteiger partial charge < -0.3 is 10.1 Å². The van der Waals surface area contributed by atoms with Gasteiger partial charge in [-0.15, -0.1) is 5.10 Å². The molecule has 7 nitrogen and oxygen atoms in total. The van der Waals surface area contributed by atoms with E-state index in [4.69, 9.17) is 4.74 Å². The summed E-state index contributed by atoms with van der Waals surface area (Å²) in [6, 6.07) is 0.0571. The van der Waals surface area contributed by atoms with Gasteiger partial charge in [-0.2, -0.15) is 5.10 Å². The fraction of sp³-hybridized carbons (Fsp3) is 0.636. The molecule has 0 aromatic carbocycles. The molecule has 0 bridgehead atoms. The number of hydrogen-bond acceptors (Lipinski definition) is 6. The zero-order chi connectivity index (χ0) is 12.8. The van der Waals surface area contributed by atoms with E-state index in [1.54, 1.807) is 0 Å². The number of amides is 1. The Hall–Kier alpha value is -1.60. The number of anilines is 1. The van der Waals surface area contributed by atoms with Gasteiger partial charge in [0.1, 0.15) is 0 Å². The first-order chi connectivity index (χ1) is 8.81. The highest BCUT2D eigenvalue weighted by Gasteiger charge is 2.33. The number of aromatic nitrogens is 3. The molecule has 1 amide bonds. The number of nitrogens with one attached hydrogen (secondary N) is 2. The standard InChI is InChI=1S/C11H17N5O2/c1-2-3-12-9-7-18-6-8(9)10(17)15-11-13-4-5-14-16-11/h4-5,8-9,12H,2-3,6-7H2,1H3,(H,13,15,16,17). The molecule has 0 spiro atoms. The fourth-order valence-electron chi connectivity index (χ4n) is 1.85. The van der Waals surface area contributed by atoms with Crippen LogP contribution in [0.25, 0.3) is 0 Å². The van der Waals surface area contributed by atoms with Crippen molar-refractivity contribution in [3.63, 3.8) is 0 Å². The summed E-state index contributed by atoms with van der Waals surface area (Å²) in [6.07, 6.45) is 3.97. The molecule has 1 saturated heterocycles. The fourth-order valence-corrected chi connectivity index (χ4v) is 1.85. The molecule has 2 N–H and O–H groups in total. The molecule has 2 atom stereocenters. The van der Waals surface area contributed by atoms with Crippen molar-refractivity contribution in [1.82, 2.24) is 20.5 Å². The molecule has 7 heteroatoms. The largest absolute Gasteiger partial charge is 0.379 e. The van der Waals surface area contributed by atoms with Gasteiger partial charge >= 0.3 is 0 Å². The lowest BCUT2D eigenvalue weighted by molar-refractivity contribution is -0.120. The second kappa shape index (κ2) is 6.36. The Labute approximate surface area is 105 Å². The normalized spacial score (nSPS) is 22.9. The first-order valence-corrected chi connectivity index (χ1v) is 6.07. The Kier molecular flexibility index (Phi) is 4.54. The molecule has 1 aromatic rings. The van der Waals surface area contributed by atoms with Gasteiger partial charge in [0.15, 0.2) is 0 Å². The molecule has 98 valence electrons. The van der Waals surface area contributed by atoms with Crippen LogP contribution in [0.2, 0.25) is 0 Å². The van der Waals surface area contributed by atoms with E-state index in [-0.39, 0.29) is 23.8 Å². The van der Waals surface area contributed by atoms with E-state index in [0.29, 0.717) is 13.2 Å². The first kappa shape index (κ1) is 12.8. The van der Waals surface area contributed by atoms with Gasteiger partial charge in [-0.25, -0.2) is 4.98 Å². The lowest BCUT2D eigenvalue weighted by Crippen LogP contribution is -2.42. The molecule has 18 heavy (non-hydrogen) atoms. The molecule has 2 heterocycles. The number of rotatable bonds is 5. The average Bonchev–Trinajstić information content (AvgIpc) is 2.86. The molecular weight excluding hydrogens is 234 g/mol. The number of carbonyl (C=O) groups excluding carboxylic acids is 1. The third-order valence-electron chi connectivity index (χ3n) is 2.79. The Bertz CT molecular complexity index is 386. The molecule has 0 aliphatic carbocycles. The zero-order valence-electron chi connectivity index (χ0n) is 10.3. The van der Waals surface area contributed by atoms with Crippen molar-refractivity contribution in [2.45, 2.75) is 19.4 Å². The van der Waals surface area contributed by atoms with Crippen LogP contribution in [0.4, 0.5) is 5.95 Å². The van der Waals surface area contributed by atoms with Crippen LogP contribution in [0.1, 0.15) is 13.3 Å². The van der Waals surface area contributed by atoms with E-state index in [1.165, 1.54) is 12.4 Å². The van der Waals surface area contributed by atoms with Crippen molar-refractivity contribution in [2.24, 2.45) is 5.92 Å². The Morgan fingerprint density at radius 3 is 3.11 bits per heavy atom. The van der Waals surface area contributed by atoms with Crippen molar-refractivity contribution in [3.05, 3.63) is 12.4 Å². The smallest absolute Gasteiger partial charge is 0.249 e. The van der Waals surface area contributed by atoms with Crippen molar-refractivity contribution in [1.29, 1.82) is 0 Å². The van der Waals surface area contributed by atoms with Gasteiger partial charge in [0.25, 0.3) is 0 Å². The maximum atomic E-state index is 12.0. The molecule has 1 aliphatic heterocycles. The van der Waals surface area contributed by atoms with Crippen molar-refractivity contribution < 1.29 is 9.53 Å². The van der Waals surface area contributed by atoms with Gasteiger partial charge in [-0.3, -0.25) is 10.1 Å². The third kappa shape index (κ3) is 3.21. The van der Waals surface area contributed by atoms with E-state index in [0.717, 1.165) is 13.0 Å². The third-order valence-corrected chi connectivity index (χ3v) is 2.79. The summed E-state index contributed by atoms with van der Waals surface area (Å²) in [5, 5.41) is 13.3. The average molecular weight is 251 g/mol. The number of nitrogens with zero attached hydrogens (tertiary/aromatic N) is 3. The highest BCUT2D eigenvalue weighted by Crippen LogP contribution is 2.15. The molecule has 1 aliphatic rings. The molecule has 0 saturated carbocycles. The topological polar surface area (TPSA) is 89.0 Å². The molecule has 1 fully saturated rings. The Balaban J connectivity index is 1.91. The number of ether oxygens (including phenoxy) is 1. The highest BCUT2D eigenvalue weighted by atomic mass is 16.5. The predicted molar refractivity (Wildman–Crippen MR) is 64.8 cm³/mol. The number of carbonyl (C=O) groups is 1. The SMILES string of the molecule is CCCNC1COCC1C(=O)Nc1nccnn1. The minimum absolute atomic E-state index is 0.0571. The van der Waals surface area contributed by atoms with Crippen LogP contribution in [-0.2, 0) is 9.53 Å². The van der Waals surface area contributed by atoms with Crippen LogP contribution in [0.5, 0.6) is 0 Å². The van der Waals surface area contributed by atoms with Crippen LogP contribution >= 0.6 is 0 Å². The second-order valence-electron chi connectivity index (χ2n) is 4.16. The summed E-state index contributed by atoms with van der Waals surface area (Å²) in [6.45, 7) is 3.95. The van der Waals surface area contributed by atoms with Gasteiger partial charge in [-0.05, 0) is 13.0 Å². The van der Waals surface area contributed by atoms with Crippen molar-refractivity contribution >= 4 is 11.9 Å². The van der Waals surface area contributed by atoms with Gasteiger partial charge in [0.05, 0.1) is 31.5 Å². The van der Waals surface area contributed by atoms with E-state index >= 15 is 0 Å². The first-order valence-electron chi connectivity index (χ1n) is 6.07. The highest BCUT2D eigenvalue weighted by molar-refractivity contribution is 5.91. The minimum atomic E-state index is -0.208. The van der Waals surface area contributed by atoms with Gasteiger partial charge in [0, 0.05) is 6.04 Å². The summed E-state index contributed by atoms with van der Waals surface area (Å²) in [5.74, 6) is -0.113. The van der Waals surface area contributed by atoms with Gasteiger partial charge in [-0.1, -0.05) is 6.92 Å². The van der Waals surface area contributed by atoms with Crippen LogP contribution in [0, 0.1) is 5.92 Å². The lowest BCUT2D eigenvalue weighted by Gasteiger charge is -2.17. The molecule has 2 unspecified atom stereocenters. The monoisotopic (exact) mass is 251 g/mol. The molecule has 2 rings (SSSR count). The summed E-state index contributed by atoms with van der Waals surface area (Å²) in [4.78, 5) is 16.0.